The molecule has 0 bridgehead atoms. The monoisotopic (exact) mass is 235 g/mol. The number of aliphatic hydroxyl groups is 1. The van der Waals surface area contributed by atoms with Crippen molar-refractivity contribution in [3.05, 3.63) is 23.8 Å². The first-order valence-electron chi connectivity index (χ1n) is 4.83. The number of benzene rings is 1. The van der Waals surface area contributed by atoms with E-state index in [9.17, 15) is 5.11 Å². The molecule has 5 nitrogen and oxygen atoms in total. The second-order valence-corrected chi connectivity index (χ2v) is 3.21. The van der Waals surface area contributed by atoms with Crippen LogP contribution in [0.25, 0.3) is 6.08 Å². The summed E-state index contributed by atoms with van der Waals surface area (Å²) in [5, 5.41) is 27.1. The summed E-state index contributed by atoms with van der Waals surface area (Å²) in [7, 11) is 2.85. The van der Waals surface area contributed by atoms with Gasteiger partial charge >= 0.3 is 0 Å². The Labute approximate surface area is 99.1 Å². The first-order valence-corrected chi connectivity index (χ1v) is 4.83. The van der Waals surface area contributed by atoms with Crippen LogP contribution < -0.4 is 9.47 Å². The SMILES string of the molecule is COc1cc(C=CC(O)C#N)cc(OC)c1O. The molecule has 1 rings (SSSR count). The number of aliphatic hydroxyl groups excluding tert-OH is 1. The number of phenols is 1. The largest absolute Gasteiger partial charge is 0.502 e. The van der Waals surface area contributed by atoms with Gasteiger partial charge in [-0.2, -0.15) is 5.26 Å². The van der Waals surface area contributed by atoms with E-state index in [2.05, 4.69) is 0 Å². The summed E-state index contributed by atoms with van der Waals surface area (Å²) in [4.78, 5) is 0. The van der Waals surface area contributed by atoms with E-state index in [0.29, 0.717) is 5.56 Å². The number of aromatic hydroxyl groups is 1. The first-order chi connectivity index (χ1) is 8.12. The van der Waals surface area contributed by atoms with Crippen molar-refractivity contribution in [1.29, 1.82) is 5.26 Å². The van der Waals surface area contributed by atoms with Gasteiger partial charge in [-0.05, 0) is 23.8 Å². The lowest BCUT2D eigenvalue weighted by atomic mass is 10.1. The van der Waals surface area contributed by atoms with Crippen LogP contribution in [0.4, 0.5) is 0 Å². The van der Waals surface area contributed by atoms with Crippen molar-refractivity contribution in [3.63, 3.8) is 0 Å². The quantitative estimate of drug-likeness (QED) is 0.769. The first kappa shape index (κ1) is 12.9. The van der Waals surface area contributed by atoms with Gasteiger partial charge in [0.1, 0.15) is 0 Å². The zero-order valence-electron chi connectivity index (χ0n) is 9.54. The Morgan fingerprint density at radius 3 is 2.24 bits per heavy atom. The smallest absolute Gasteiger partial charge is 0.200 e. The third-order valence-corrected chi connectivity index (χ3v) is 2.11. The summed E-state index contributed by atoms with van der Waals surface area (Å²) in [5.74, 6) is 0.430. The van der Waals surface area contributed by atoms with Crippen molar-refractivity contribution in [2.24, 2.45) is 0 Å². The Hall–Kier alpha value is -2.19. The van der Waals surface area contributed by atoms with Gasteiger partial charge in [0.05, 0.1) is 20.3 Å². The highest BCUT2D eigenvalue weighted by molar-refractivity contribution is 5.61. The highest BCUT2D eigenvalue weighted by Gasteiger charge is 2.09. The molecule has 2 N–H and O–H groups in total. The molecule has 17 heavy (non-hydrogen) atoms. The van der Waals surface area contributed by atoms with E-state index >= 15 is 0 Å². The van der Waals surface area contributed by atoms with E-state index in [1.807, 2.05) is 0 Å². The van der Waals surface area contributed by atoms with Crippen LogP contribution in [0.5, 0.6) is 17.2 Å². The molecule has 1 aromatic carbocycles. The normalized spacial score (nSPS) is 12.1. The van der Waals surface area contributed by atoms with Gasteiger partial charge in [-0.1, -0.05) is 6.08 Å². The fourth-order valence-electron chi connectivity index (χ4n) is 1.26. The van der Waals surface area contributed by atoms with Gasteiger partial charge in [0.15, 0.2) is 17.6 Å². The summed E-state index contributed by atoms with van der Waals surface area (Å²) in [6.45, 7) is 0. The molecule has 0 aliphatic rings. The van der Waals surface area contributed by atoms with Crippen molar-refractivity contribution < 1.29 is 19.7 Å². The molecule has 0 heterocycles. The average molecular weight is 235 g/mol. The van der Waals surface area contributed by atoms with Crippen molar-refractivity contribution in [3.8, 4) is 23.3 Å². The third-order valence-electron chi connectivity index (χ3n) is 2.11. The van der Waals surface area contributed by atoms with Gasteiger partial charge in [-0.3, -0.25) is 0 Å². The zero-order valence-corrected chi connectivity index (χ0v) is 9.54. The highest BCUT2D eigenvalue weighted by Crippen LogP contribution is 2.37. The Balaban J connectivity index is 3.10. The molecule has 0 aliphatic carbocycles. The number of nitriles is 1. The lowest BCUT2D eigenvalue weighted by molar-refractivity contribution is 0.279. The third kappa shape index (κ3) is 3.13. The van der Waals surface area contributed by atoms with Gasteiger partial charge < -0.3 is 19.7 Å². The minimum absolute atomic E-state index is 0.0898. The maximum Gasteiger partial charge on any atom is 0.200 e. The van der Waals surface area contributed by atoms with Crippen LogP contribution in [0.2, 0.25) is 0 Å². The minimum atomic E-state index is -1.17. The number of nitrogens with zero attached hydrogens (tertiary/aromatic N) is 1. The predicted octanol–water partition coefficient (Wildman–Crippen LogP) is 1.31. The number of hydrogen-bond donors (Lipinski definition) is 2. The minimum Gasteiger partial charge on any atom is -0.502 e. The summed E-state index contributed by atoms with van der Waals surface area (Å²) in [6.07, 6.45) is 1.70. The van der Waals surface area contributed by atoms with Crippen molar-refractivity contribution >= 4 is 6.08 Å². The summed E-state index contributed by atoms with van der Waals surface area (Å²) in [6, 6.07) is 4.80. The van der Waals surface area contributed by atoms with E-state index in [4.69, 9.17) is 19.8 Å². The fourth-order valence-corrected chi connectivity index (χ4v) is 1.26. The molecule has 1 atom stereocenters. The van der Waals surface area contributed by atoms with E-state index in [1.54, 1.807) is 24.3 Å². The van der Waals surface area contributed by atoms with Crippen LogP contribution in [0.3, 0.4) is 0 Å². The molecule has 0 radical (unpaired) electrons. The van der Waals surface area contributed by atoms with Crippen molar-refractivity contribution in [2.45, 2.75) is 6.10 Å². The van der Waals surface area contributed by atoms with Crippen LogP contribution in [0.15, 0.2) is 18.2 Å². The molecule has 0 aliphatic heterocycles. The molecule has 0 amide bonds. The van der Waals surface area contributed by atoms with Crippen LogP contribution in [0.1, 0.15) is 5.56 Å². The van der Waals surface area contributed by atoms with E-state index in [0.717, 1.165) is 0 Å². The Bertz CT molecular complexity index is 437. The Kier molecular flexibility index (Phi) is 4.37. The topological polar surface area (TPSA) is 82.7 Å². The van der Waals surface area contributed by atoms with Crippen LogP contribution >= 0.6 is 0 Å². The highest BCUT2D eigenvalue weighted by atomic mass is 16.5. The Morgan fingerprint density at radius 2 is 1.82 bits per heavy atom. The van der Waals surface area contributed by atoms with E-state index < -0.39 is 6.10 Å². The predicted molar refractivity (Wildman–Crippen MR) is 61.9 cm³/mol. The molecule has 90 valence electrons. The van der Waals surface area contributed by atoms with E-state index in [1.165, 1.54) is 20.3 Å². The number of hydrogen-bond acceptors (Lipinski definition) is 5. The lowest BCUT2D eigenvalue weighted by Crippen LogP contribution is -1.95. The molecule has 0 saturated carbocycles. The number of phenolic OH excluding ortho intramolecular Hbond substituents is 1. The zero-order chi connectivity index (χ0) is 12.8. The van der Waals surface area contributed by atoms with Crippen molar-refractivity contribution in [2.75, 3.05) is 14.2 Å². The van der Waals surface area contributed by atoms with Crippen molar-refractivity contribution in [1.82, 2.24) is 0 Å². The number of ether oxygens (including phenoxy) is 2. The number of rotatable bonds is 4. The number of methoxy groups -OCH3 is 2. The maximum atomic E-state index is 9.66. The fraction of sp³-hybridized carbons (Fsp3) is 0.250. The standard InChI is InChI=1S/C12H13NO4/c1-16-10-5-8(3-4-9(14)7-13)6-11(17-2)12(10)15/h3-6,9,14-15H,1-2H3. The van der Waals surface area contributed by atoms with Gasteiger partial charge in [-0.25, -0.2) is 0 Å². The molecule has 1 aromatic rings. The molecule has 0 fully saturated rings. The Morgan fingerprint density at radius 1 is 1.29 bits per heavy atom. The van der Waals surface area contributed by atoms with Gasteiger partial charge in [-0.15, -0.1) is 0 Å². The molecule has 1 unspecified atom stereocenters. The summed E-state index contributed by atoms with van der Waals surface area (Å²) < 4.78 is 9.94. The molecule has 0 saturated heterocycles. The summed E-state index contributed by atoms with van der Waals surface area (Å²) >= 11 is 0. The van der Waals surface area contributed by atoms with Gasteiger partial charge in [0.2, 0.25) is 5.75 Å². The second kappa shape index (κ2) is 5.77. The molecule has 0 spiro atoms. The summed E-state index contributed by atoms with van der Waals surface area (Å²) in [5.41, 5.74) is 0.644. The maximum absolute atomic E-state index is 9.66. The lowest BCUT2D eigenvalue weighted by Gasteiger charge is -2.09. The molecular formula is C12H13NO4. The molecule has 5 heteroatoms. The van der Waals surface area contributed by atoms with Gasteiger partial charge in [0, 0.05) is 0 Å². The average Bonchev–Trinajstić information content (AvgIpc) is 2.36. The van der Waals surface area contributed by atoms with Crippen LogP contribution in [-0.4, -0.2) is 30.5 Å². The second-order valence-electron chi connectivity index (χ2n) is 3.21. The molecule has 0 aromatic heterocycles. The molecular weight excluding hydrogens is 222 g/mol. The van der Waals surface area contributed by atoms with E-state index in [-0.39, 0.29) is 17.2 Å². The van der Waals surface area contributed by atoms with Crippen LogP contribution in [-0.2, 0) is 0 Å². The van der Waals surface area contributed by atoms with Crippen LogP contribution in [0, 0.1) is 11.3 Å². The van der Waals surface area contributed by atoms with Gasteiger partial charge in [0.25, 0.3) is 0 Å².